The van der Waals surface area contributed by atoms with Crippen molar-refractivity contribution in [3.8, 4) is 0 Å². The topological polar surface area (TPSA) is 66.6 Å². The molecule has 0 spiro atoms. The monoisotopic (exact) mass is 316 g/mol. The van der Waals surface area contributed by atoms with Gasteiger partial charge in [-0.05, 0) is 31.4 Å². The first-order valence-corrected chi connectivity index (χ1v) is 8.36. The summed E-state index contributed by atoms with van der Waals surface area (Å²) in [6, 6.07) is 6.28. The summed E-state index contributed by atoms with van der Waals surface area (Å²) in [6.07, 6.45) is 5.62. The van der Waals surface area contributed by atoms with Crippen molar-refractivity contribution < 1.29 is 0 Å². The molecule has 1 atom stereocenters. The Morgan fingerprint density at radius 1 is 1.22 bits per heavy atom. The number of aliphatic imine (C=N–C) groups is 1. The van der Waals surface area contributed by atoms with E-state index >= 15 is 0 Å². The first-order chi connectivity index (χ1) is 11.1. The number of nitrogens with zero attached hydrogens (tertiary/aromatic N) is 4. The van der Waals surface area contributed by atoms with Crippen molar-refractivity contribution in [2.75, 3.05) is 7.05 Å². The van der Waals surface area contributed by atoms with Gasteiger partial charge in [0.2, 0.25) is 0 Å². The van der Waals surface area contributed by atoms with Crippen molar-refractivity contribution in [1.29, 1.82) is 0 Å². The van der Waals surface area contributed by atoms with Gasteiger partial charge in [-0.3, -0.25) is 9.39 Å². The molecular formula is C17H28N6. The second-order valence-corrected chi connectivity index (χ2v) is 6.34. The van der Waals surface area contributed by atoms with Crippen LogP contribution in [0.2, 0.25) is 0 Å². The maximum Gasteiger partial charge on any atom is 0.191 e. The third-order valence-electron chi connectivity index (χ3n) is 3.82. The molecule has 6 heteroatoms. The molecule has 0 fully saturated rings. The summed E-state index contributed by atoms with van der Waals surface area (Å²) in [5, 5.41) is 15.1. The minimum Gasteiger partial charge on any atom is -0.354 e. The number of hydrogen-bond acceptors (Lipinski definition) is 3. The van der Waals surface area contributed by atoms with Crippen molar-refractivity contribution in [2.24, 2.45) is 10.9 Å². The molecule has 0 saturated carbocycles. The fourth-order valence-corrected chi connectivity index (χ4v) is 2.51. The molecular weight excluding hydrogens is 288 g/mol. The maximum absolute atomic E-state index is 4.29. The summed E-state index contributed by atoms with van der Waals surface area (Å²) in [5.74, 6) is 2.44. The van der Waals surface area contributed by atoms with Crippen molar-refractivity contribution in [1.82, 2.24) is 25.2 Å². The zero-order chi connectivity index (χ0) is 16.7. The molecule has 0 aliphatic heterocycles. The molecule has 23 heavy (non-hydrogen) atoms. The Morgan fingerprint density at radius 3 is 2.78 bits per heavy atom. The van der Waals surface area contributed by atoms with Gasteiger partial charge in [-0.15, -0.1) is 10.2 Å². The summed E-state index contributed by atoms with van der Waals surface area (Å²) in [5.41, 5.74) is 0.856. The van der Waals surface area contributed by atoms with E-state index in [2.05, 4.69) is 46.6 Å². The Bertz CT molecular complexity index is 631. The van der Waals surface area contributed by atoms with Crippen LogP contribution in [0.4, 0.5) is 0 Å². The molecule has 0 amide bonds. The third kappa shape index (κ3) is 5.23. The molecule has 2 aromatic heterocycles. The Morgan fingerprint density at radius 2 is 2.04 bits per heavy atom. The lowest BCUT2D eigenvalue weighted by atomic mass is 10.0. The molecule has 0 saturated heterocycles. The van der Waals surface area contributed by atoms with Gasteiger partial charge < -0.3 is 10.6 Å². The van der Waals surface area contributed by atoms with E-state index in [1.807, 2.05) is 28.8 Å². The normalized spacial score (nSPS) is 13.5. The lowest BCUT2D eigenvalue weighted by molar-refractivity contribution is 0.491. The quantitative estimate of drug-likeness (QED) is 0.609. The molecule has 0 aromatic carbocycles. The third-order valence-corrected chi connectivity index (χ3v) is 3.82. The van der Waals surface area contributed by atoms with E-state index in [-0.39, 0.29) is 0 Å². The van der Waals surface area contributed by atoms with Crippen LogP contribution in [0.15, 0.2) is 29.4 Å². The van der Waals surface area contributed by atoms with E-state index in [0.29, 0.717) is 12.6 Å². The highest BCUT2D eigenvalue weighted by atomic mass is 15.3. The fourth-order valence-electron chi connectivity index (χ4n) is 2.51. The molecule has 0 aliphatic rings. The molecule has 2 aromatic rings. The van der Waals surface area contributed by atoms with Gasteiger partial charge in [0.25, 0.3) is 0 Å². The lowest BCUT2D eigenvalue weighted by Crippen LogP contribution is -2.42. The van der Waals surface area contributed by atoms with Gasteiger partial charge in [-0.2, -0.15) is 0 Å². The molecule has 126 valence electrons. The van der Waals surface area contributed by atoms with Gasteiger partial charge in [-0.25, -0.2) is 0 Å². The standard InChI is InChI=1S/C17H28N6/c1-13(2)8-7-9-14(3)20-17(18-4)19-12-16-22-21-15-10-5-6-11-23(15)16/h5-6,10-11,13-14H,7-9,12H2,1-4H3,(H2,18,19,20). The molecule has 6 nitrogen and oxygen atoms in total. The summed E-state index contributed by atoms with van der Waals surface area (Å²) < 4.78 is 1.98. The molecule has 0 radical (unpaired) electrons. The van der Waals surface area contributed by atoms with Crippen LogP contribution in [0.1, 0.15) is 45.9 Å². The largest absolute Gasteiger partial charge is 0.354 e. The van der Waals surface area contributed by atoms with Gasteiger partial charge in [0.15, 0.2) is 17.4 Å². The molecule has 0 bridgehead atoms. The lowest BCUT2D eigenvalue weighted by Gasteiger charge is -2.18. The van der Waals surface area contributed by atoms with Crippen LogP contribution in [-0.2, 0) is 6.54 Å². The molecule has 2 rings (SSSR count). The second kappa shape index (κ2) is 8.50. The number of fused-ring (bicyclic) bond motifs is 1. The summed E-state index contributed by atoms with van der Waals surface area (Å²) >= 11 is 0. The van der Waals surface area contributed by atoms with E-state index in [1.54, 1.807) is 7.05 Å². The second-order valence-electron chi connectivity index (χ2n) is 6.34. The van der Waals surface area contributed by atoms with Crippen LogP contribution in [-0.4, -0.2) is 33.6 Å². The molecule has 2 N–H and O–H groups in total. The summed E-state index contributed by atoms with van der Waals surface area (Å²) in [4.78, 5) is 4.29. The molecule has 2 heterocycles. The van der Waals surface area contributed by atoms with Crippen LogP contribution < -0.4 is 10.6 Å². The first-order valence-electron chi connectivity index (χ1n) is 8.36. The maximum atomic E-state index is 4.29. The zero-order valence-corrected chi connectivity index (χ0v) is 14.6. The number of rotatable bonds is 7. The Labute approximate surface area is 138 Å². The van der Waals surface area contributed by atoms with Gasteiger partial charge in [0.05, 0.1) is 6.54 Å². The van der Waals surface area contributed by atoms with E-state index in [9.17, 15) is 0 Å². The Kier molecular flexibility index (Phi) is 6.38. The average molecular weight is 316 g/mol. The SMILES string of the molecule is CN=C(NCc1nnc2ccccn12)NC(C)CCCC(C)C. The van der Waals surface area contributed by atoms with Crippen molar-refractivity contribution in [3.05, 3.63) is 30.2 Å². The fraction of sp³-hybridized carbons (Fsp3) is 0.588. The van der Waals surface area contributed by atoms with Crippen molar-refractivity contribution in [2.45, 2.75) is 52.6 Å². The van der Waals surface area contributed by atoms with Crippen LogP contribution in [0, 0.1) is 5.92 Å². The van der Waals surface area contributed by atoms with E-state index < -0.39 is 0 Å². The number of nitrogens with one attached hydrogen (secondary N) is 2. The highest BCUT2D eigenvalue weighted by Gasteiger charge is 2.08. The van der Waals surface area contributed by atoms with E-state index in [4.69, 9.17) is 0 Å². The Balaban J connectivity index is 1.83. The van der Waals surface area contributed by atoms with Gasteiger partial charge >= 0.3 is 0 Å². The predicted molar refractivity (Wildman–Crippen MR) is 94.5 cm³/mol. The van der Waals surface area contributed by atoms with E-state index in [0.717, 1.165) is 29.8 Å². The average Bonchev–Trinajstić information content (AvgIpc) is 2.94. The minimum atomic E-state index is 0.398. The molecule has 0 aliphatic carbocycles. The van der Waals surface area contributed by atoms with Gasteiger partial charge in [0.1, 0.15) is 0 Å². The van der Waals surface area contributed by atoms with Crippen molar-refractivity contribution >= 4 is 11.6 Å². The predicted octanol–water partition coefficient (Wildman–Crippen LogP) is 2.61. The summed E-state index contributed by atoms with van der Waals surface area (Å²) in [6.45, 7) is 7.31. The van der Waals surface area contributed by atoms with Crippen molar-refractivity contribution in [3.63, 3.8) is 0 Å². The highest BCUT2D eigenvalue weighted by Crippen LogP contribution is 2.08. The highest BCUT2D eigenvalue weighted by molar-refractivity contribution is 5.79. The summed E-state index contributed by atoms with van der Waals surface area (Å²) in [7, 11) is 1.79. The number of hydrogen-bond donors (Lipinski definition) is 2. The first kappa shape index (κ1) is 17.2. The number of pyridine rings is 1. The van der Waals surface area contributed by atoms with E-state index in [1.165, 1.54) is 12.8 Å². The van der Waals surface area contributed by atoms with Crippen LogP contribution in [0.3, 0.4) is 0 Å². The van der Waals surface area contributed by atoms with Crippen LogP contribution in [0.25, 0.3) is 5.65 Å². The van der Waals surface area contributed by atoms with Gasteiger partial charge in [-0.1, -0.05) is 32.8 Å². The van der Waals surface area contributed by atoms with Crippen LogP contribution in [0.5, 0.6) is 0 Å². The Hall–Kier alpha value is -2.11. The zero-order valence-electron chi connectivity index (χ0n) is 14.6. The number of aromatic nitrogens is 3. The van der Waals surface area contributed by atoms with Gasteiger partial charge in [0, 0.05) is 19.3 Å². The molecule has 1 unspecified atom stereocenters. The number of guanidine groups is 1. The van der Waals surface area contributed by atoms with Crippen LogP contribution >= 0.6 is 0 Å². The minimum absolute atomic E-state index is 0.398. The smallest absolute Gasteiger partial charge is 0.191 e.